The Hall–Kier alpha value is -4.55. The molecule has 1 aromatic heterocycles. The van der Waals surface area contributed by atoms with Crippen LogP contribution in [0.3, 0.4) is 0 Å². The number of ether oxygens (including phenoxy) is 2. The largest absolute Gasteiger partial charge is 0.494 e. The molecule has 5 heterocycles. The molecule has 1 N–H and O–H groups in total. The predicted molar refractivity (Wildman–Crippen MR) is 164 cm³/mol. The molecule has 5 atom stereocenters. The van der Waals surface area contributed by atoms with E-state index in [1.54, 1.807) is 14.5 Å². The molecule has 2 fully saturated rings. The third-order valence-corrected chi connectivity index (χ3v) is 9.38. The number of nitrogens with zero attached hydrogens (tertiary/aromatic N) is 6. The summed E-state index contributed by atoms with van der Waals surface area (Å²) in [5.74, 6) is -2.03. The lowest BCUT2D eigenvalue weighted by molar-refractivity contribution is -0.152. The summed E-state index contributed by atoms with van der Waals surface area (Å²) in [6, 6.07) is 13.8. The highest BCUT2D eigenvalue weighted by Crippen LogP contribution is 2.57. The zero-order chi connectivity index (χ0) is 31.3. The molecular weight excluding hydrogens is 576 g/mol. The smallest absolute Gasteiger partial charge is 0.250 e. The number of benzene rings is 2. The number of aliphatic hydroxyl groups excluding tert-OH is 1. The summed E-state index contributed by atoms with van der Waals surface area (Å²) >= 11 is 0. The lowest BCUT2D eigenvalue weighted by atomic mass is 9.74. The molecule has 12 nitrogen and oxygen atoms in total. The van der Waals surface area contributed by atoms with Crippen LogP contribution in [0.15, 0.2) is 72.8 Å². The van der Waals surface area contributed by atoms with E-state index in [-0.39, 0.29) is 50.5 Å². The molecule has 4 aliphatic rings. The predicted octanol–water partition coefficient (Wildman–Crippen LogP) is 2.14. The van der Waals surface area contributed by atoms with E-state index < -0.39 is 29.1 Å². The van der Waals surface area contributed by atoms with Crippen molar-refractivity contribution in [2.45, 2.75) is 44.2 Å². The van der Waals surface area contributed by atoms with Gasteiger partial charge in [-0.2, -0.15) is 0 Å². The van der Waals surface area contributed by atoms with Crippen molar-refractivity contribution in [2.75, 3.05) is 37.7 Å². The normalized spacial score (nSPS) is 29.2. The summed E-state index contributed by atoms with van der Waals surface area (Å²) in [6.45, 7) is 4.95. The van der Waals surface area contributed by atoms with Crippen LogP contribution < -0.4 is 9.64 Å². The second-order valence-corrected chi connectivity index (χ2v) is 12.1. The summed E-state index contributed by atoms with van der Waals surface area (Å²) in [6.07, 6.45) is 7.70. The molecular formula is C33H36N6O6. The first-order chi connectivity index (χ1) is 21.8. The minimum Gasteiger partial charge on any atom is -0.494 e. The second-order valence-electron chi connectivity index (χ2n) is 12.1. The van der Waals surface area contributed by atoms with E-state index in [9.17, 15) is 19.5 Å². The van der Waals surface area contributed by atoms with Crippen LogP contribution in [0.5, 0.6) is 5.75 Å². The molecule has 0 aliphatic carbocycles. The lowest BCUT2D eigenvalue weighted by Gasteiger charge is -2.37. The van der Waals surface area contributed by atoms with Crippen molar-refractivity contribution < 1.29 is 29.0 Å². The molecule has 2 saturated heterocycles. The average molecular weight is 613 g/mol. The molecule has 0 radical (unpaired) electrons. The lowest BCUT2D eigenvalue weighted by Crippen LogP contribution is -2.56. The number of likely N-dealkylation sites (tertiary alicyclic amines) is 1. The van der Waals surface area contributed by atoms with Gasteiger partial charge in [0.15, 0.2) is 0 Å². The molecule has 3 amide bonds. The Morgan fingerprint density at radius 1 is 0.978 bits per heavy atom. The maximum atomic E-state index is 14.5. The van der Waals surface area contributed by atoms with Crippen LogP contribution in [0.2, 0.25) is 0 Å². The van der Waals surface area contributed by atoms with Gasteiger partial charge in [0.2, 0.25) is 11.8 Å². The standard InChI is InChI=1S/C33H36N6O6/c1-3-44-23-13-11-22(12-14-23)37-18-6-15-32(2)26(29(37)41)27-30(42)38(19-8-20-40)28-31(43)36(17-7-16-33(27,28)45-32)21-39-25-10-5-4-9-24(25)34-35-39/h4-7,9-16,26-28,40H,3,8,17-21H2,1-2H3/t26-,27+,28?,32+,33+/m1/s1. The van der Waals surface area contributed by atoms with Gasteiger partial charge in [-0.05, 0) is 56.7 Å². The highest BCUT2D eigenvalue weighted by molar-refractivity contribution is 6.04. The topological polar surface area (TPSA) is 130 Å². The van der Waals surface area contributed by atoms with Crippen LogP contribution in [0.4, 0.5) is 5.69 Å². The molecule has 0 saturated carbocycles. The summed E-state index contributed by atoms with van der Waals surface area (Å²) in [4.78, 5) is 48.3. The van der Waals surface area contributed by atoms with Gasteiger partial charge in [-0.15, -0.1) is 5.10 Å². The summed E-state index contributed by atoms with van der Waals surface area (Å²) in [5.41, 5.74) is -0.356. The second kappa shape index (κ2) is 11.1. The van der Waals surface area contributed by atoms with Crippen molar-refractivity contribution in [1.82, 2.24) is 24.8 Å². The molecule has 12 heteroatoms. The minimum absolute atomic E-state index is 0.119. The van der Waals surface area contributed by atoms with E-state index in [4.69, 9.17) is 9.47 Å². The Morgan fingerprint density at radius 2 is 1.76 bits per heavy atom. The molecule has 45 heavy (non-hydrogen) atoms. The fraction of sp³-hybridized carbons (Fsp3) is 0.424. The first kappa shape index (κ1) is 29.2. The Morgan fingerprint density at radius 3 is 2.53 bits per heavy atom. The first-order valence-corrected chi connectivity index (χ1v) is 15.4. The third kappa shape index (κ3) is 4.54. The summed E-state index contributed by atoms with van der Waals surface area (Å²) in [7, 11) is 0. The maximum Gasteiger partial charge on any atom is 0.250 e. The Kier molecular flexibility index (Phi) is 7.20. The number of para-hydroxylation sites is 1. The van der Waals surface area contributed by atoms with Gasteiger partial charge in [-0.3, -0.25) is 14.4 Å². The number of rotatable bonds is 8. The SMILES string of the molecule is CCOc1ccc(N2CC=C[C@]3(C)O[C@]45C=CCN(Cn6nnc7ccccc76)C(=O)C4N(CCCO)C(=O)[C@@H]5[C@@H]3C2=O)cc1. The molecule has 1 spiro atoms. The van der Waals surface area contributed by atoms with Crippen LogP contribution in [-0.2, 0) is 25.8 Å². The van der Waals surface area contributed by atoms with Gasteiger partial charge < -0.3 is 29.3 Å². The van der Waals surface area contributed by atoms with Crippen LogP contribution in [0.1, 0.15) is 20.3 Å². The van der Waals surface area contributed by atoms with E-state index in [0.717, 1.165) is 5.52 Å². The molecule has 1 unspecified atom stereocenters. The van der Waals surface area contributed by atoms with Crippen LogP contribution in [0.25, 0.3) is 11.0 Å². The zero-order valence-electron chi connectivity index (χ0n) is 25.3. The van der Waals surface area contributed by atoms with E-state index in [0.29, 0.717) is 30.1 Å². The van der Waals surface area contributed by atoms with Crippen molar-refractivity contribution in [1.29, 1.82) is 0 Å². The number of carbonyl (C=O) groups excluding carboxylic acids is 3. The molecule has 4 aliphatic heterocycles. The average Bonchev–Trinajstić information content (AvgIpc) is 3.56. The number of hydrogen-bond donors (Lipinski definition) is 1. The van der Waals surface area contributed by atoms with Crippen molar-refractivity contribution in [3.8, 4) is 5.75 Å². The highest BCUT2D eigenvalue weighted by atomic mass is 16.5. The minimum atomic E-state index is -1.38. The number of aromatic nitrogens is 3. The van der Waals surface area contributed by atoms with Crippen molar-refractivity contribution in [2.24, 2.45) is 11.8 Å². The van der Waals surface area contributed by atoms with E-state index in [1.807, 2.05) is 86.7 Å². The number of carbonyl (C=O) groups is 3. The van der Waals surface area contributed by atoms with Gasteiger partial charge in [0.25, 0.3) is 5.91 Å². The molecule has 3 aromatic rings. The van der Waals surface area contributed by atoms with Gasteiger partial charge >= 0.3 is 0 Å². The maximum absolute atomic E-state index is 14.5. The van der Waals surface area contributed by atoms with Gasteiger partial charge in [0.1, 0.15) is 29.6 Å². The third-order valence-electron chi connectivity index (χ3n) is 9.38. The fourth-order valence-corrected chi connectivity index (χ4v) is 7.48. The fourth-order valence-electron chi connectivity index (χ4n) is 7.48. The molecule has 234 valence electrons. The summed E-state index contributed by atoms with van der Waals surface area (Å²) in [5, 5.41) is 18.2. The quantitative estimate of drug-likeness (QED) is 0.383. The number of aliphatic hydroxyl groups is 1. The monoisotopic (exact) mass is 612 g/mol. The first-order valence-electron chi connectivity index (χ1n) is 15.4. The molecule has 2 aromatic carbocycles. The van der Waals surface area contributed by atoms with E-state index >= 15 is 0 Å². The van der Waals surface area contributed by atoms with Gasteiger partial charge in [0.05, 0.1) is 29.6 Å². The zero-order valence-corrected chi connectivity index (χ0v) is 25.3. The van der Waals surface area contributed by atoms with E-state index in [2.05, 4.69) is 10.3 Å². The van der Waals surface area contributed by atoms with Crippen LogP contribution in [0, 0.1) is 11.8 Å². The molecule has 7 rings (SSSR count). The van der Waals surface area contributed by atoms with Crippen LogP contribution >= 0.6 is 0 Å². The number of amides is 3. The Labute approximate surface area is 260 Å². The number of fused-ring (bicyclic) bond motifs is 3. The van der Waals surface area contributed by atoms with E-state index in [1.165, 1.54) is 4.90 Å². The molecule has 0 bridgehead atoms. The van der Waals surface area contributed by atoms with Crippen LogP contribution in [-0.4, -0.2) is 97.7 Å². The van der Waals surface area contributed by atoms with Gasteiger partial charge in [-0.25, -0.2) is 4.68 Å². The van der Waals surface area contributed by atoms with Crippen molar-refractivity contribution in [3.63, 3.8) is 0 Å². The van der Waals surface area contributed by atoms with Gasteiger partial charge in [0, 0.05) is 31.9 Å². The Balaban J connectivity index is 1.27. The Bertz CT molecular complexity index is 1700. The number of hydrogen-bond acceptors (Lipinski definition) is 8. The summed E-state index contributed by atoms with van der Waals surface area (Å²) < 4.78 is 14.1. The highest BCUT2D eigenvalue weighted by Gasteiger charge is 2.74. The number of anilines is 1. The van der Waals surface area contributed by atoms with Gasteiger partial charge in [-0.1, -0.05) is 41.7 Å². The van der Waals surface area contributed by atoms with Crippen molar-refractivity contribution >= 4 is 34.4 Å². The van der Waals surface area contributed by atoms with Crippen molar-refractivity contribution in [3.05, 3.63) is 72.8 Å².